The van der Waals surface area contributed by atoms with Gasteiger partial charge in [-0.3, -0.25) is 9.69 Å². The standard InChI is InChI=1S/C12H25N3O.ClH/c1-9(2)14-11(16)7-15-6-5-10(13)12(3,4)8-15;/h9-10H,5-8,13H2,1-4H3,(H,14,16);1H. The molecule has 0 spiro atoms. The molecule has 0 aromatic carbocycles. The van der Waals surface area contributed by atoms with Gasteiger partial charge in [0.2, 0.25) is 5.91 Å². The number of nitrogens with one attached hydrogen (secondary N) is 1. The molecule has 1 atom stereocenters. The molecule has 0 saturated carbocycles. The molecule has 0 aromatic heterocycles. The van der Waals surface area contributed by atoms with Crippen LogP contribution in [0, 0.1) is 5.41 Å². The Morgan fingerprint density at radius 3 is 2.59 bits per heavy atom. The zero-order valence-electron chi connectivity index (χ0n) is 11.3. The lowest BCUT2D eigenvalue weighted by atomic mass is 9.80. The second kappa shape index (κ2) is 6.57. The Labute approximate surface area is 111 Å². The van der Waals surface area contributed by atoms with E-state index >= 15 is 0 Å². The summed E-state index contributed by atoms with van der Waals surface area (Å²) in [5.41, 5.74) is 6.17. The molecule has 1 amide bonds. The predicted octanol–water partition coefficient (Wildman–Crippen LogP) is 0.992. The summed E-state index contributed by atoms with van der Waals surface area (Å²) < 4.78 is 0. The van der Waals surface area contributed by atoms with E-state index in [1.807, 2.05) is 13.8 Å². The molecule has 0 bridgehead atoms. The van der Waals surface area contributed by atoms with Crippen LogP contribution < -0.4 is 11.1 Å². The number of piperidine rings is 1. The van der Waals surface area contributed by atoms with Gasteiger partial charge in [-0.1, -0.05) is 13.8 Å². The summed E-state index contributed by atoms with van der Waals surface area (Å²) in [6.07, 6.45) is 0.974. The zero-order valence-corrected chi connectivity index (χ0v) is 12.1. The maximum absolute atomic E-state index is 11.6. The molecule has 102 valence electrons. The van der Waals surface area contributed by atoms with Gasteiger partial charge in [0, 0.05) is 25.2 Å². The van der Waals surface area contributed by atoms with E-state index in [4.69, 9.17) is 5.73 Å². The maximum Gasteiger partial charge on any atom is 0.234 e. The molecular weight excluding hydrogens is 238 g/mol. The lowest BCUT2D eigenvalue weighted by Crippen LogP contribution is -2.54. The van der Waals surface area contributed by atoms with E-state index in [-0.39, 0.29) is 35.8 Å². The second-order valence-electron chi connectivity index (χ2n) is 5.82. The zero-order chi connectivity index (χ0) is 12.3. The molecule has 1 unspecified atom stereocenters. The maximum atomic E-state index is 11.6. The first-order chi connectivity index (χ1) is 7.31. The number of hydrogen-bond donors (Lipinski definition) is 2. The van der Waals surface area contributed by atoms with E-state index in [2.05, 4.69) is 24.1 Å². The third-order valence-corrected chi connectivity index (χ3v) is 3.21. The molecule has 0 aliphatic carbocycles. The molecule has 3 N–H and O–H groups in total. The van der Waals surface area contributed by atoms with Gasteiger partial charge < -0.3 is 11.1 Å². The van der Waals surface area contributed by atoms with Gasteiger partial charge >= 0.3 is 0 Å². The average Bonchev–Trinajstić information content (AvgIpc) is 2.09. The van der Waals surface area contributed by atoms with Crippen LogP contribution in [0.3, 0.4) is 0 Å². The fourth-order valence-electron chi connectivity index (χ4n) is 2.19. The van der Waals surface area contributed by atoms with Crippen LogP contribution in [0.5, 0.6) is 0 Å². The largest absolute Gasteiger partial charge is 0.353 e. The summed E-state index contributed by atoms with van der Waals surface area (Å²) in [6.45, 7) is 10.6. The third-order valence-electron chi connectivity index (χ3n) is 3.21. The van der Waals surface area contributed by atoms with E-state index in [1.165, 1.54) is 0 Å². The highest BCUT2D eigenvalue weighted by molar-refractivity contribution is 5.85. The van der Waals surface area contributed by atoms with Crippen LogP contribution in [-0.2, 0) is 4.79 Å². The molecule has 0 aromatic rings. The number of rotatable bonds is 3. The highest BCUT2D eigenvalue weighted by Crippen LogP contribution is 2.27. The first-order valence-corrected chi connectivity index (χ1v) is 6.08. The Kier molecular flexibility index (Phi) is 6.45. The molecule has 1 saturated heterocycles. The Bertz CT molecular complexity index is 256. The van der Waals surface area contributed by atoms with Crippen molar-refractivity contribution >= 4 is 18.3 Å². The number of carbonyl (C=O) groups is 1. The first-order valence-electron chi connectivity index (χ1n) is 6.08. The van der Waals surface area contributed by atoms with Crippen molar-refractivity contribution in [1.82, 2.24) is 10.2 Å². The quantitative estimate of drug-likeness (QED) is 0.799. The van der Waals surface area contributed by atoms with Gasteiger partial charge in [-0.2, -0.15) is 0 Å². The molecule has 5 heteroatoms. The Balaban J connectivity index is 0.00000256. The van der Waals surface area contributed by atoms with E-state index in [0.29, 0.717) is 6.54 Å². The van der Waals surface area contributed by atoms with Crippen LogP contribution in [0.4, 0.5) is 0 Å². The summed E-state index contributed by atoms with van der Waals surface area (Å²) in [5, 5.41) is 2.92. The summed E-state index contributed by atoms with van der Waals surface area (Å²) in [4.78, 5) is 13.8. The SMILES string of the molecule is CC(C)NC(=O)CN1CCC(N)C(C)(C)C1.Cl. The van der Waals surface area contributed by atoms with Crippen molar-refractivity contribution in [3.8, 4) is 0 Å². The van der Waals surface area contributed by atoms with Crippen LogP contribution in [0.25, 0.3) is 0 Å². The molecule has 1 aliphatic heterocycles. The fourth-order valence-corrected chi connectivity index (χ4v) is 2.19. The Morgan fingerprint density at radius 2 is 2.12 bits per heavy atom. The molecule has 1 rings (SSSR count). The molecule has 1 heterocycles. The van der Waals surface area contributed by atoms with Crippen LogP contribution in [0.2, 0.25) is 0 Å². The topological polar surface area (TPSA) is 58.4 Å². The normalized spacial score (nSPS) is 24.2. The Hall–Kier alpha value is -0.320. The first kappa shape index (κ1) is 16.7. The van der Waals surface area contributed by atoms with Crippen molar-refractivity contribution < 1.29 is 4.79 Å². The minimum absolute atomic E-state index is 0. The van der Waals surface area contributed by atoms with E-state index in [0.717, 1.165) is 19.5 Å². The van der Waals surface area contributed by atoms with Crippen LogP contribution in [0.15, 0.2) is 0 Å². The molecule has 1 aliphatic rings. The van der Waals surface area contributed by atoms with Crippen molar-refractivity contribution in [3.63, 3.8) is 0 Å². The smallest absolute Gasteiger partial charge is 0.234 e. The average molecular weight is 264 g/mol. The van der Waals surface area contributed by atoms with Crippen LogP contribution in [-0.4, -0.2) is 42.5 Å². The number of nitrogens with two attached hydrogens (primary N) is 1. The minimum atomic E-state index is 0. The monoisotopic (exact) mass is 263 g/mol. The lowest BCUT2D eigenvalue weighted by molar-refractivity contribution is -0.123. The highest BCUT2D eigenvalue weighted by atomic mass is 35.5. The molecular formula is C12H26ClN3O. The minimum Gasteiger partial charge on any atom is -0.353 e. The number of amides is 1. The van der Waals surface area contributed by atoms with Gasteiger partial charge in [-0.15, -0.1) is 12.4 Å². The third kappa shape index (κ3) is 5.23. The van der Waals surface area contributed by atoms with E-state index < -0.39 is 0 Å². The van der Waals surface area contributed by atoms with Gasteiger partial charge in [0.05, 0.1) is 6.54 Å². The van der Waals surface area contributed by atoms with Gasteiger partial charge in [0.1, 0.15) is 0 Å². The van der Waals surface area contributed by atoms with Crippen molar-refractivity contribution in [1.29, 1.82) is 0 Å². The number of carbonyl (C=O) groups excluding carboxylic acids is 1. The van der Waals surface area contributed by atoms with Crippen LogP contribution in [0.1, 0.15) is 34.1 Å². The fraction of sp³-hybridized carbons (Fsp3) is 0.917. The van der Waals surface area contributed by atoms with Crippen molar-refractivity contribution in [2.75, 3.05) is 19.6 Å². The molecule has 4 nitrogen and oxygen atoms in total. The van der Waals surface area contributed by atoms with Crippen molar-refractivity contribution in [3.05, 3.63) is 0 Å². The number of nitrogens with zero attached hydrogens (tertiary/aromatic N) is 1. The summed E-state index contributed by atoms with van der Waals surface area (Å²) in [7, 11) is 0. The highest BCUT2D eigenvalue weighted by Gasteiger charge is 2.33. The Morgan fingerprint density at radius 1 is 1.53 bits per heavy atom. The van der Waals surface area contributed by atoms with Crippen LogP contribution >= 0.6 is 12.4 Å². The van der Waals surface area contributed by atoms with Crippen molar-refractivity contribution in [2.45, 2.75) is 46.2 Å². The number of halogens is 1. The van der Waals surface area contributed by atoms with Gasteiger partial charge in [0.25, 0.3) is 0 Å². The van der Waals surface area contributed by atoms with Gasteiger partial charge in [-0.25, -0.2) is 0 Å². The van der Waals surface area contributed by atoms with E-state index in [9.17, 15) is 4.79 Å². The van der Waals surface area contributed by atoms with Gasteiger partial charge in [0.15, 0.2) is 0 Å². The summed E-state index contributed by atoms with van der Waals surface area (Å²) in [6, 6.07) is 0.462. The second-order valence-corrected chi connectivity index (χ2v) is 5.82. The van der Waals surface area contributed by atoms with Gasteiger partial charge in [-0.05, 0) is 25.7 Å². The van der Waals surface area contributed by atoms with Crippen molar-refractivity contribution in [2.24, 2.45) is 11.1 Å². The molecule has 1 fully saturated rings. The lowest BCUT2D eigenvalue weighted by Gasteiger charge is -2.42. The number of hydrogen-bond acceptors (Lipinski definition) is 3. The summed E-state index contributed by atoms with van der Waals surface area (Å²) >= 11 is 0. The predicted molar refractivity (Wildman–Crippen MR) is 73.3 cm³/mol. The summed E-state index contributed by atoms with van der Waals surface area (Å²) in [5.74, 6) is 0.112. The molecule has 0 radical (unpaired) electrons. The molecule has 17 heavy (non-hydrogen) atoms. The van der Waals surface area contributed by atoms with E-state index in [1.54, 1.807) is 0 Å². The number of likely N-dealkylation sites (tertiary alicyclic amines) is 1.